The summed E-state index contributed by atoms with van der Waals surface area (Å²) in [4.78, 5) is 0. The maximum atomic E-state index is 2.53. The van der Waals surface area contributed by atoms with E-state index in [0.29, 0.717) is 0 Å². The fraction of sp³-hybridized carbons (Fsp3) is 0. The van der Waals surface area contributed by atoms with Crippen LogP contribution in [0.25, 0.3) is 99.5 Å². The van der Waals surface area contributed by atoms with Crippen molar-refractivity contribution in [1.29, 1.82) is 0 Å². The lowest BCUT2D eigenvalue weighted by atomic mass is 9.88. The highest BCUT2D eigenvalue weighted by Crippen LogP contribution is 2.52. The third-order valence-corrected chi connectivity index (χ3v) is 11.3. The molecule has 0 atom stereocenters. The molecule has 56 heavy (non-hydrogen) atoms. The van der Waals surface area contributed by atoms with E-state index in [0.717, 1.165) is 11.4 Å². The molecule has 0 fully saturated rings. The fourth-order valence-corrected chi connectivity index (χ4v) is 8.92. The molecule has 0 spiro atoms. The van der Waals surface area contributed by atoms with Crippen molar-refractivity contribution in [3.8, 4) is 55.9 Å². The summed E-state index contributed by atoms with van der Waals surface area (Å²) in [5, 5.41) is 4.94. The van der Waals surface area contributed by atoms with E-state index in [9.17, 15) is 0 Å². The molecule has 2 nitrogen and oxygen atoms in total. The van der Waals surface area contributed by atoms with Crippen molar-refractivity contribution in [2.24, 2.45) is 0 Å². The molecule has 0 saturated heterocycles. The van der Waals surface area contributed by atoms with E-state index in [4.69, 9.17) is 0 Å². The minimum Gasteiger partial charge on any atom is -0.308 e. The zero-order chi connectivity index (χ0) is 37.0. The lowest BCUT2D eigenvalue weighted by molar-refractivity contribution is 1.17. The topological polar surface area (TPSA) is 9.86 Å². The van der Waals surface area contributed by atoms with Crippen LogP contribution in [0.4, 0.5) is 0 Å². The average Bonchev–Trinajstić information content (AvgIpc) is 3.81. The average molecular weight is 713 g/mol. The van der Waals surface area contributed by atoms with Crippen LogP contribution in [0.15, 0.2) is 218 Å². The van der Waals surface area contributed by atoms with E-state index in [1.807, 2.05) is 0 Å². The molecule has 11 aromatic rings. The summed E-state index contributed by atoms with van der Waals surface area (Å²) in [5.41, 5.74) is 16.6. The molecule has 0 N–H and O–H groups in total. The van der Waals surface area contributed by atoms with E-state index < -0.39 is 0 Å². The molecule has 262 valence electrons. The molecule has 2 heteroatoms. The summed E-state index contributed by atoms with van der Waals surface area (Å²) in [6.07, 6.45) is 0. The van der Waals surface area contributed by atoms with Gasteiger partial charge < -0.3 is 9.13 Å². The van der Waals surface area contributed by atoms with Gasteiger partial charge in [0.25, 0.3) is 0 Å². The molecule has 2 heterocycles. The van der Waals surface area contributed by atoms with Gasteiger partial charge in [-0.05, 0) is 69.8 Å². The Balaban J connectivity index is 1.39. The van der Waals surface area contributed by atoms with Gasteiger partial charge in [0.05, 0.1) is 22.1 Å². The van der Waals surface area contributed by atoms with E-state index >= 15 is 0 Å². The molecular weight excluding hydrogens is 677 g/mol. The van der Waals surface area contributed by atoms with Crippen LogP contribution >= 0.6 is 0 Å². The molecule has 0 radical (unpaired) electrons. The van der Waals surface area contributed by atoms with Gasteiger partial charge in [0, 0.05) is 44.0 Å². The van der Waals surface area contributed by atoms with Crippen LogP contribution in [0, 0.1) is 0 Å². The molecular formula is C54H36N2. The maximum absolute atomic E-state index is 2.53. The van der Waals surface area contributed by atoms with Crippen molar-refractivity contribution in [2.75, 3.05) is 0 Å². The number of hydrogen-bond donors (Lipinski definition) is 0. The quantitative estimate of drug-likeness (QED) is 0.162. The number of benzene rings is 9. The molecule has 0 saturated carbocycles. The summed E-state index contributed by atoms with van der Waals surface area (Å²) in [5.74, 6) is 0. The first-order valence-corrected chi connectivity index (χ1v) is 19.3. The molecule has 2 aromatic heterocycles. The number of nitrogens with zero attached hydrogens (tertiary/aromatic N) is 2. The highest BCUT2D eigenvalue weighted by molar-refractivity contribution is 6.34. The zero-order valence-corrected chi connectivity index (χ0v) is 30.7. The second kappa shape index (κ2) is 13.2. The van der Waals surface area contributed by atoms with E-state index in [1.54, 1.807) is 0 Å². The second-order valence-corrected chi connectivity index (χ2v) is 14.5. The fourth-order valence-electron chi connectivity index (χ4n) is 8.92. The number of rotatable bonds is 6. The first kappa shape index (κ1) is 32.0. The maximum Gasteiger partial charge on any atom is 0.0648 e. The normalized spacial score (nSPS) is 11.6. The highest BCUT2D eigenvalue weighted by atomic mass is 15.0. The predicted molar refractivity (Wildman–Crippen MR) is 237 cm³/mol. The van der Waals surface area contributed by atoms with Crippen molar-refractivity contribution < 1.29 is 0 Å². The Bertz CT molecular complexity index is 3210. The van der Waals surface area contributed by atoms with Crippen LogP contribution in [0.2, 0.25) is 0 Å². The Morgan fingerprint density at radius 2 is 0.625 bits per heavy atom. The van der Waals surface area contributed by atoms with Gasteiger partial charge in [-0.15, -0.1) is 0 Å². The van der Waals surface area contributed by atoms with Gasteiger partial charge in [0.15, 0.2) is 0 Å². The van der Waals surface area contributed by atoms with Crippen molar-refractivity contribution in [3.05, 3.63) is 218 Å². The Morgan fingerprint density at radius 1 is 0.250 bits per heavy atom. The van der Waals surface area contributed by atoms with Crippen LogP contribution in [0.1, 0.15) is 0 Å². The predicted octanol–water partition coefficient (Wildman–Crippen LogP) is 14.5. The van der Waals surface area contributed by atoms with Crippen molar-refractivity contribution in [1.82, 2.24) is 9.13 Å². The standard InChI is InChI=1S/C54H36N2/c1-5-19-37(20-6-1)41-27-17-29-43(35-41)55-48-34-16-14-32-46(48)52-53(55)50(40-25-11-4-12-26-40)49(39-23-9-3-10-24-39)51-45-31-13-15-33-47(45)56(54(51)52)44-30-18-28-42(36-44)38-21-7-2-8-22-38/h1-36H. The summed E-state index contributed by atoms with van der Waals surface area (Å²) >= 11 is 0. The molecule has 0 amide bonds. The number of aromatic nitrogens is 2. The molecule has 0 aliphatic heterocycles. The monoisotopic (exact) mass is 712 g/mol. The zero-order valence-electron chi connectivity index (χ0n) is 30.7. The molecule has 11 rings (SSSR count). The highest BCUT2D eigenvalue weighted by Gasteiger charge is 2.28. The van der Waals surface area contributed by atoms with Gasteiger partial charge >= 0.3 is 0 Å². The SMILES string of the molecule is c1ccc(-c2cccc(-n3c4ccccc4c4c3c(-c3ccccc3)c(-c3ccccc3)c3c5ccccc5n(-c5cccc(-c6ccccc6)c5)c34)c2)cc1. The number of fused-ring (bicyclic) bond motifs is 7. The molecule has 9 aromatic carbocycles. The Labute approximate surface area is 325 Å². The van der Waals surface area contributed by atoms with Crippen molar-refractivity contribution >= 4 is 43.6 Å². The van der Waals surface area contributed by atoms with Gasteiger partial charge in [-0.2, -0.15) is 0 Å². The third-order valence-electron chi connectivity index (χ3n) is 11.3. The summed E-state index contributed by atoms with van der Waals surface area (Å²) in [7, 11) is 0. The van der Waals surface area contributed by atoms with Gasteiger partial charge in [-0.1, -0.05) is 182 Å². The van der Waals surface area contributed by atoms with Crippen LogP contribution in [0.5, 0.6) is 0 Å². The summed E-state index contributed by atoms with van der Waals surface area (Å²) < 4.78 is 5.05. The molecule has 0 unspecified atom stereocenters. The van der Waals surface area contributed by atoms with Crippen LogP contribution < -0.4 is 0 Å². The first-order valence-electron chi connectivity index (χ1n) is 19.3. The van der Waals surface area contributed by atoms with Gasteiger partial charge in [0.1, 0.15) is 0 Å². The van der Waals surface area contributed by atoms with Crippen LogP contribution in [-0.2, 0) is 0 Å². The van der Waals surface area contributed by atoms with E-state index in [-0.39, 0.29) is 0 Å². The number of hydrogen-bond acceptors (Lipinski definition) is 0. The third kappa shape index (κ3) is 5.04. The molecule has 0 aliphatic carbocycles. The van der Waals surface area contributed by atoms with Crippen LogP contribution in [0.3, 0.4) is 0 Å². The molecule has 0 bridgehead atoms. The van der Waals surface area contributed by atoms with Crippen LogP contribution in [-0.4, -0.2) is 9.13 Å². The lowest BCUT2D eigenvalue weighted by Gasteiger charge is -2.19. The first-order chi connectivity index (χ1) is 27.8. The lowest BCUT2D eigenvalue weighted by Crippen LogP contribution is -2.00. The summed E-state index contributed by atoms with van der Waals surface area (Å²) in [6, 6.07) is 79.4. The minimum atomic E-state index is 1.13. The number of para-hydroxylation sites is 2. The summed E-state index contributed by atoms with van der Waals surface area (Å²) in [6.45, 7) is 0. The van der Waals surface area contributed by atoms with Crippen molar-refractivity contribution in [3.63, 3.8) is 0 Å². The largest absolute Gasteiger partial charge is 0.308 e. The van der Waals surface area contributed by atoms with Gasteiger partial charge in [-0.3, -0.25) is 0 Å². The van der Waals surface area contributed by atoms with Gasteiger partial charge in [-0.25, -0.2) is 0 Å². The smallest absolute Gasteiger partial charge is 0.0648 e. The molecule has 0 aliphatic rings. The Kier molecular flexibility index (Phi) is 7.53. The Hall–Kier alpha value is -7.42. The second-order valence-electron chi connectivity index (χ2n) is 14.5. The van der Waals surface area contributed by atoms with Gasteiger partial charge in [0.2, 0.25) is 0 Å². The van der Waals surface area contributed by atoms with E-state index in [2.05, 4.69) is 228 Å². The Morgan fingerprint density at radius 3 is 1.12 bits per heavy atom. The van der Waals surface area contributed by atoms with Crippen molar-refractivity contribution in [2.45, 2.75) is 0 Å². The minimum absolute atomic E-state index is 1.13. The van der Waals surface area contributed by atoms with E-state index in [1.165, 1.54) is 88.1 Å².